The number of amides is 1. The van der Waals surface area contributed by atoms with E-state index in [1.54, 1.807) is 47.1 Å². The van der Waals surface area contributed by atoms with Gasteiger partial charge in [0, 0.05) is 16.3 Å². The monoisotopic (exact) mass is 503 g/mol. The lowest BCUT2D eigenvalue weighted by Gasteiger charge is -2.10. The quantitative estimate of drug-likeness (QED) is 0.305. The molecule has 0 aliphatic carbocycles. The van der Waals surface area contributed by atoms with E-state index in [-0.39, 0.29) is 11.6 Å². The number of anilines is 1. The molecule has 0 unspecified atom stereocenters. The van der Waals surface area contributed by atoms with Gasteiger partial charge in [-0.3, -0.25) is 4.79 Å². The first-order chi connectivity index (χ1) is 15.2. The van der Waals surface area contributed by atoms with Crippen LogP contribution in [0.15, 0.2) is 60.7 Å². The van der Waals surface area contributed by atoms with Crippen molar-refractivity contribution in [2.24, 2.45) is 0 Å². The van der Waals surface area contributed by atoms with Crippen LogP contribution in [0, 0.1) is 13.8 Å². The minimum atomic E-state index is -0.347. The summed E-state index contributed by atoms with van der Waals surface area (Å²) >= 11 is 24.8. The number of rotatable bonds is 4. The molecule has 1 amide bonds. The molecule has 0 atom stereocenters. The molecule has 0 aliphatic rings. The van der Waals surface area contributed by atoms with Gasteiger partial charge in [0.1, 0.15) is 0 Å². The number of hydrogen-bond donors (Lipinski definition) is 1. The topological polar surface area (TPSA) is 46.9 Å². The molecule has 0 fully saturated rings. The number of carbonyl (C=O) groups is 1. The van der Waals surface area contributed by atoms with Gasteiger partial charge in [-0.05, 0) is 73.5 Å². The summed E-state index contributed by atoms with van der Waals surface area (Å²) in [6, 6.07) is 17.8. The summed E-state index contributed by atoms with van der Waals surface area (Å²) in [6.45, 7) is 3.95. The van der Waals surface area contributed by atoms with Crippen LogP contribution in [0.3, 0.4) is 0 Å². The molecule has 0 spiro atoms. The van der Waals surface area contributed by atoms with E-state index in [1.165, 1.54) is 0 Å². The first kappa shape index (κ1) is 22.7. The van der Waals surface area contributed by atoms with Crippen molar-refractivity contribution in [3.05, 3.63) is 97.6 Å². The van der Waals surface area contributed by atoms with E-state index in [4.69, 9.17) is 46.4 Å². The van der Waals surface area contributed by atoms with Gasteiger partial charge in [-0.2, -0.15) is 5.10 Å². The molecule has 3 aromatic carbocycles. The lowest BCUT2D eigenvalue weighted by molar-refractivity contribution is 0.102. The molecule has 0 radical (unpaired) electrons. The van der Waals surface area contributed by atoms with E-state index < -0.39 is 0 Å². The Hall–Kier alpha value is -2.50. The highest BCUT2D eigenvalue weighted by Crippen LogP contribution is 2.33. The number of nitrogens with zero attached hydrogens (tertiary/aromatic N) is 2. The van der Waals surface area contributed by atoms with Gasteiger partial charge in [-0.25, -0.2) is 4.68 Å². The van der Waals surface area contributed by atoms with Crippen molar-refractivity contribution < 1.29 is 4.79 Å². The van der Waals surface area contributed by atoms with E-state index in [2.05, 4.69) is 10.4 Å². The number of carbonyl (C=O) groups excluding carboxylic acids is 1. The Morgan fingerprint density at radius 3 is 2.19 bits per heavy atom. The molecule has 1 aromatic heterocycles. The molecule has 0 bridgehead atoms. The molecule has 0 saturated heterocycles. The van der Waals surface area contributed by atoms with Gasteiger partial charge >= 0.3 is 0 Å². The Bertz CT molecular complexity index is 1330. The number of benzene rings is 3. The molecule has 4 aromatic rings. The smallest absolute Gasteiger partial charge is 0.276 e. The molecule has 4 rings (SSSR count). The third kappa shape index (κ3) is 4.79. The summed E-state index contributed by atoms with van der Waals surface area (Å²) in [5.74, 6) is -0.347. The Labute approximate surface area is 205 Å². The summed E-state index contributed by atoms with van der Waals surface area (Å²) in [4.78, 5) is 13.0. The van der Waals surface area contributed by atoms with Crippen LogP contribution >= 0.6 is 46.4 Å². The van der Waals surface area contributed by atoms with E-state index in [0.717, 1.165) is 16.7 Å². The van der Waals surface area contributed by atoms with Crippen LogP contribution in [-0.4, -0.2) is 15.7 Å². The van der Waals surface area contributed by atoms with E-state index >= 15 is 0 Å². The summed E-state index contributed by atoms with van der Waals surface area (Å²) in [5.41, 5.74) is 4.94. The van der Waals surface area contributed by atoms with Crippen LogP contribution in [0.25, 0.3) is 16.9 Å². The second-order valence-corrected chi connectivity index (χ2v) is 9.04. The number of halogens is 4. The van der Waals surface area contributed by atoms with Crippen molar-refractivity contribution in [2.45, 2.75) is 13.8 Å². The standard InChI is InChI=1S/C24H17Cl4N3O/c1-13-7-14(2)9-17(8-13)29-24(32)21-12-23(15-3-5-18(26)19(27)10-15)31(30-21)22-6-4-16(25)11-20(22)28/h3-12H,1-2H3,(H,29,32). The lowest BCUT2D eigenvalue weighted by atomic mass is 10.1. The number of hydrogen-bond acceptors (Lipinski definition) is 2. The Morgan fingerprint density at radius 2 is 1.53 bits per heavy atom. The second-order valence-electron chi connectivity index (χ2n) is 7.38. The highest BCUT2D eigenvalue weighted by molar-refractivity contribution is 6.42. The maximum Gasteiger partial charge on any atom is 0.276 e. The van der Waals surface area contributed by atoms with E-state index in [9.17, 15) is 4.79 Å². The zero-order chi connectivity index (χ0) is 23.0. The average Bonchev–Trinajstić information content (AvgIpc) is 3.14. The molecular formula is C24H17Cl4N3O. The zero-order valence-electron chi connectivity index (χ0n) is 17.1. The average molecular weight is 505 g/mol. The van der Waals surface area contributed by atoms with Crippen molar-refractivity contribution in [2.75, 3.05) is 5.32 Å². The fraction of sp³-hybridized carbons (Fsp3) is 0.0833. The second kappa shape index (κ2) is 9.16. The fourth-order valence-electron chi connectivity index (χ4n) is 3.43. The Kier molecular flexibility index (Phi) is 6.50. The highest BCUT2D eigenvalue weighted by atomic mass is 35.5. The summed E-state index contributed by atoms with van der Waals surface area (Å²) in [7, 11) is 0. The van der Waals surface area contributed by atoms with Crippen molar-refractivity contribution in [3.8, 4) is 16.9 Å². The normalized spacial score (nSPS) is 10.9. The minimum absolute atomic E-state index is 0.219. The number of nitrogens with one attached hydrogen (secondary N) is 1. The molecular weight excluding hydrogens is 488 g/mol. The van der Waals surface area contributed by atoms with Gasteiger partial charge < -0.3 is 5.32 Å². The maximum atomic E-state index is 13.0. The van der Waals surface area contributed by atoms with Crippen LogP contribution < -0.4 is 5.32 Å². The first-order valence-corrected chi connectivity index (χ1v) is 11.1. The Morgan fingerprint density at radius 1 is 0.812 bits per heavy atom. The molecule has 0 aliphatic heterocycles. The van der Waals surface area contributed by atoms with Crippen LogP contribution in [0.5, 0.6) is 0 Å². The molecule has 1 N–H and O–H groups in total. The molecule has 4 nitrogen and oxygen atoms in total. The summed E-state index contributed by atoms with van der Waals surface area (Å²) in [5, 5.41) is 9.16. The summed E-state index contributed by atoms with van der Waals surface area (Å²) < 4.78 is 1.59. The van der Waals surface area contributed by atoms with Crippen LogP contribution in [-0.2, 0) is 0 Å². The lowest BCUT2D eigenvalue weighted by Crippen LogP contribution is -2.13. The molecule has 8 heteroatoms. The fourth-order valence-corrected chi connectivity index (χ4v) is 4.22. The predicted molar refractivity (Wildman–Crippen MR) is 133 cm³/mol. The van der Waals surface area contributed by atoms with Crippen molar-refractivity contribution in [1.82, 2.24) is 9.78 Å². The third-order valence-corrected chi connectivity index (χ3v) is 6.05. The van der Waals surface area contributed by atoms with Gasteiger partial charge in [0.15, 0.2) is 5.69 Å². The van der Waals surface area contributed by atoms with Crippen molar-refractivity contribution in [3.63, 3.8) is 0 Å². The maximum absolute atomic E-state index is 13.0. The van der Waals surface area contributed by atoms with Crippen LogP contribution in [0.1, 0.15) is 21.6 Å². The minimum Gasteiger partial charge on any atom is -0.321 e. The Balaban J connectivity index is 1.81. The molecule has 1 heterocycles. The summed E-state index contributed by atoms with van der Waals surface area (Å²) in [6.07, 6.45) is 0. The largest absolute Gasteiger partial charge is 0.321 e. The molecule has 162 valence electrons. The van der Waals surface area contributed by atoms with E-state index in [1.807, 2.05) is 32.0 Å². The molecule has 32 heavy (non-hydrogen) atoms. The SMILES string of the molecule is Cc1cc(C)cc(NC(=O)c2cc(-c3ccc(Cl)c(Cl)c3)n(-c3ccc(Cl)cc3Cl)n2)c1. The van der Waals surface area contributed by atoms with E-state index in [0.29, 0.717) is 37.2 Å². The van der Waals surface area contributed by atoms with Crippen molar-refractivity contribution in [1.29, 1.82) is 0 Å². The zero-order valence-corrected chi connectivity index (χ0v) is 20.1. The molecule has 0 saturated carbocycles. The van der Waals surface area contributed by atoms with Crippen molar-refractivity contribution >= 4 is 58.0 Å². The van der Waals surface area contributed by atoms with Gasteiger partial charge in [-0.15, -0.1) is 0 Å². The highest BCUT2D eigenvalue weighted by Gasteiger charge is 2.19. The first-order valence-electron chi connectivity index (χ1n) is 9.62. The van der Waals surface area contributed by atoms with Crippen LogP contribution in [0.4, 0.5) is 5.69 Å². The van der Waals surface area contributed by atoms with Gasteiger partial charge in [0.25, 0.3) is 5.91 Å². The van der Waals surface area contributed by atoms with Gasteiger partial charge in [0.2, 0.25) is 0 Å². The number of aromatic nitrogens is 2. The van der Waals surface area contributed by atoms with Crippen LogP contribution in [0.2, 0.25) is 20.1 Å². The van der Waals surface area contributed by atoms with Gasteiger partial charge in [-0.1, -0.05) is 58.5 Å². The van der Waals surface area contributed by atoms with Gasteiger partial charge in [0.05, 0.1) is 26.4 Å². The third-order valence-electron chi connectivity index (χ3n) is 4.77. The number of aryl methyl sites for hydroxylation is 2. The predicted octanol–water partition coefficient (Wildman–Crippen LogP) is 8.02.